The van der Waals surface area contributed by atoms with Crippen LogP contribution in [0.2, 0.25) is 0 Å². The number of nitrogens with one attached hydrogen (secondary N) is 1. The van der Waals surface area contributed by atoms with Gasteiger partial charge in [0.2, 0.25) is 0 Å². The number of alkyl carbamates (subject to hydrolysis) is 1. The molecule has 22 heavy (non-hydrogen) atoms. The number of ether oxygens (including phenoxy) is 1. The molecule has 0 radical (unpaired) electrons. The number of rotatable bonds is 5. The third-order valence-electron chi connectivity index (χ3n) is 4.33. The number of aliphatic carboxylic acids is 1. The molecule has 1 aromatic carbocycles. The van der Waals surface area contributed by atoms with Gasteiger partial charge in [0, 0.05) is 6.54 Å². The smallest absolute Gasteiger partial charge is 0.407 e. The van der Waals surface area contributed by atoms with Crippen LogP contribution in [0.15, 0.2) is 30.3 Å². The maximum absolute atomic E-state index is 11.8. The zero-order chi connectivity index (χ0) is 16.2. The zero-order valence-corrected chi connectivity index (χ0v) is 13.1. The Morgan fingerprint density at radius 2 is 1.91 bits per heavy atom. The third kappa shape index (κ3) is 4.00. The number of amides is 1. The van der Waals surface area contributed by atoms with Gasteiger partial charge >= 0.3 is 12.1 Å². The molecule has 2 rings (SSSR count). The zero-order valence-electron chi connectivity index (χ0n) is 13.1. The minimum Gasteiger partial charge on any atom is -0.481 e. The Morgan fingerprint density at radius 1 is 1.23 bits per heavy atom. The lowest BCUT2D eigenvalue weighted by atomic mass is 9.81. The Hall–Kier alpha value is -2.04. The van der Waals surface area contributed by atoms with Crippen LogP contribution in [0, 0.1) is 10.8 Å². The molecule has 1 aliphatic rings. The molecule has 0 saturated heterocycles. The summed E-state index contributed by atoms with van der Waals surface area (Å²) in [6.45, 7) is 4.41. The maximum atomic E-state index is 11.8. The highest BCUT2D eigenvalue weighted by Crippen LogP contribution is 2.48. The highest BCUT2D eigenvalue weighted by Gasteiger charge is 2.48. The molecule has 5 nitrogen and oxygen atoms in total. The molecule has 1 amide bonds. The molecule has 0 spiro atoms. The van der Waals surface area contributed by atoms with E-state index in [-0.39, 0.29) is 18.6 Å². The van der Waals surface area contributed by atoms with E-state index in [9.17, 15) is 14.7 Å². The molecule has 1 aliphatic carbocycles. The van der Waals surface area contributed by atoms with Crippen LogP contribution in [-0.2, 0) is 16.1 Å². The molecule has 1 atom stereocenters. The van der Waals surface area contributed by atoms with E-state index in [4.69, 9.17) is 4.74 Å². The highest BCUT2D eigenvalue weighted by atomic mass is 16.5. The molecule has 1 aromatic rings. The van der Waals surface area contributed by atoms with Gasteiger partial charge in [-0.2, -0.15) is 0 Å². The molecule has 0 aliphatic heterocycles. The Labute approximate surface area is 130 Å². The molecule has 0 bridgehead atoms. The quantitative estimate of drug-likeness (QED) is 0.876. The number of carbonyl (C=O) groups is 2. The summed E-state index contributed by atoms with van der Waals surface area (Å²) in [7, 11) is 0. The molecule has 5 heteroatoms. The monoisotopic (exact) mass is 305 g/mol. The average molecular weight is 305 g/mol. The van der Waals surface area contributed by atoms with E-state index in [1.807, 2.05) is 30.3 Å². The first-order valence-corrected chi connectivity index (χ1v) is 7.51. The Bertz CT molecular complexity index is 541. The molecule has 1 unspecified atom stereocenters. The lowest BCUT2D eigenvalue weighted by Crippen LogP contribution is -2.42. The van der Waals surface area contributed by atoms with Crippen molar-refractivity contribution in [3.05, 3.63) is 35.9 Å². The number of benzene rings is 1. The van der Waals surface area contributed by atoms with E-state index in [1.54, 1.807) is 0 Å². The topological polar surface area (TPSA) is 75.6 Å². The van der Waals surface area contributed by atoms with Crippen LogP contribution in [0.25, 0.3) is 0 Å². The molecule has 1 fully saturated rings. The van der Waals surface area contributed by atoms with Gasteiger partial charge in [-0.25, -0.2) is 4.79 Å². The van der Waals surface area contributed by atoms with E-state index in [1.165, 1.54) is 0 Å². The van der Waals surface area contributed by atoms with Gasteiger partial charge in [-0.1, -0.05) is 44.2 Å². The Balaban J connectivity index is 1.85. The van der Waals surface area contributed by atoms with Gasteiger partial charge < -0.3 is 15.2 Å². The van der Waals surface area contributed by atoms with E-state index in [0.717, 1.165) is 12.0 Å². The SMILES string of the molecule is CC1(C)CCC(CNC(=O)OCc2ccccc2)(C(=O)O)C1. The number of carboxylic acid groups (broad SMARTS) is 1. The van der Waals surface area contributed by atoms with Gasteiger partial charge in [-0.3, -0.25) is 4.79 Å². The first-order chi connectivity index (χ1) is 10.3. The normalized spacial score (nSPS) is 23.0. The van der Waals surface area contributed by atoms with Gasteiger partial charge in [-0.05, 0) is 30.2 Å². The van der Waals surface area contributed by atoms with Gasteiger partial charge in [0.05, 0.1) is 5.41 Å². The van der Waals surface area contributed by atoms with Crippen molar-refractivity contribution in [1.29, 1.82) is 0 Å². The van der Waals surface area contributed by atoms with Crippen LogP contribution >= 0.6 is 0 Å². The maximum Gasteiger partial charge on any atom is 0.407 e. The standard InChI is InChI=1S/C17H23NO4/c1-16(2)8-9-17(11-16,14(19)20)12-18-15(21)22-10-13-6-4-3-5-7-13/h3-7H,8-12H2,1-2H3,(H,18,21)(H,19,20). The second-order valence-electron chi connectivity index (χ2n) is 6.84. The summed E-state index contributed by atoms with van der Waals surface area (Å²) in [6, 6.07) is 9.37. The fraction of sp³-hybridized carbons (Fsp3) is 0.529. The summed E-state index contributed by atoms with van der Waals surface area (Å²) in [5.41, 5.74) is 0.0103. The fourth-order valence-corrected chi connectivity index (χ4v) is 3.10. The van der Waals surface area contributed by atoms with Crippen LogP contribution in [0.1, 0.15) is 38.7 Å². The Kier molecular flexibility index (Phi) is 4.74. The summed E-state index contributed by atoms with van der Waals surface area (Å²) in [4.78, 5) is 23.4. The highest BCUT2D eigenvalue weighted by molar-refractivity contribution is 5.77. The number of carbonyl (C=O) groups excluding carboxylic acids is 1. The minimum absolute atomic E-state index is 0.00594. The van der Waals surface area contributed by atoms with Crippen molar-refractivity contribution in [3.8, 4) is 0 Å². The minimum atomic E-state index is -0.880. The Morgan fingerprint density at radius 3 is 2.45 bits per heavy atom. The molecule has 2 N–H and O–H groups in total. The van der Waals surface area contributed by atoms with Crippen LogP contribution in [-0.4, -0.2) is 23.7 Å². The predicted octanol–water partition coefficient (Wildman–Crippen LogP) is 3.19. The molecule has 120 valence electrons. The van der Waals surface area contributed by atoms with Crippen molar-refractivity contribution >= 4 is 12.1 Å². The average Bonchev–Trinajstić information content (AvgIpc) is 2.81. The summed E-state index contributed by atoms with van der Waals surface area (Å²) in [5, 5.41) is 12.1. The first kappa shape index (κ1) is 16.3. The summed E-state index contributed by atoms with van der Waals surface area (Å²) in [6.07, 6.45) is 1.41. The van der Waals surface area contributed by atoms with E-state index in [2.05, 4.69) is 19.2 Å². The van der Waals surface area contributed by atoms with Crippen molar-refractivity contribution < 1.29 is 19.4 Å². The summed E-state index contributed by atoms with van der Waals surface area (Å²) in [5.74, 6) is -0.846. The lowest BCUT2D eigenvalue weighted by Gasteiger charge is -2.26. The lowest BCUT2D eigenvalue weighted by molar-refractivity contribution is -0.148. The second kappa shape index (κ2) is 6.38. The van der Waals surface area contributed by atoms with E-state index >= 15 is 0 Å². The molecular formula is C17H23NO4. The van der Waals surface area contributed by atoms with Crippen molar-refractivity contribution in [2.45, 2.75) is 39.7 Å². The van der Waals surface area contributed by atoms with Crippen LogP contribution in [0.5, 0.6) is 0 Å². The van der Waals surface area contributed by atoms with Gasteiger partial charge in [-0.15, -0.1) is 0 Å². The van der Waals surface area contributed by atoms with Crippen molar-refractivity contribution in [1.82, 2.24) is 5.32 Å². The predicted molar refractivity (Wildman–Crippen MR) is 82.3 cm³/mol. The second-order valence-corrected chi connectivity index (χ2v) is 6.84. The van der Waals surface area contributed by atoms with Crippen LogP contribution in [0.4, 0.5) is 4.79 Å². The van der Waals surface area contributed by atoms with Crippen LogP contribution < -0.4 is 5.32 Å². The van der Waals surface area contributed by atoms with E-state index < -0.39 is 17.5 Å². The van der Waals surface area contributed by atoms with Gasteiger partial charge in [0.1, 0.15) is 6.61 Å². The molecular weight excluding hydrogens is 282 g/mol. The third-order valence-corrected chi connectivity index (χ3v) is 4.33. The van der Waals surface area contributed by atoms with Crippen molar-refractivity contribution in [2.24, 2.45) is 10.8 Å². The van der Waals surface area contributed by atoms with Gasteiger partial charge in [0.15, 0.2) is 0 Å². The number of hydrogen-bond donors (Lipinski definition) is 2. The van der Waals surface area contributed by atoms with Crippen molar-refractivity contribution in [2.75, 3.05) is 6.54 Å². The van der Waals surface area contributed by atoms with E-state index in [0.29, 0.717) is 12.8 Å². The summed E-state index contributed by atoms with van der Waals surface area (Å²) < 4.78 is 5.12. The first-order valence-electron chi connectivity index (χ1n) is 7.51. The molecule has 0 heterocycles. The number of carboxylic acids is 1. The number of hydrogen-bond acceptors (Lipinski definition) is 3. The molecule has 0 aromatic heterocycles. The van der Waals surface area contributed by atoms with Crippen molar-refractivity contribution in [3.63, 3.8) is 0 Å². The van der Waals surface area contributed by atoms with Gasteiger partial charge in [0.25, 0.3) is 0 Å². The van der Waals surface area contributed by atoms with Crippen LogP contribution in [0.3, 0.4) is 0 Å². The largest absolute Gasteiger partial charge is 0.481 e. The molecule has 1 saturated carbocycles. The fourth-order valence-electron chi connectivity index (χ4n) is 3.10. The summed E-state index contributed by atoms with van der Waals surface area (Å²) >= 11 is 0.